The predicted octanol–water partition coefficient (Wildman–Crippen LogP) is 2.52. The highest BCUT2D eigenvalue weighted by Crippen LogP contribution is 2.22. The molecule has 2 aromatic carbocycles. The largest absolute Gasteiger partial charge is 0.484 e. The van der Waals surface area contributed by atoms with Crippen LogP contribution in [0, 0.1) is 21.4 Å². The van der Waals surface area contributed by atoms with Gasteiger partial charge in [0.05, 0.1) is 16.6 Å². The summed E-state index contributed by atoms with van der Waals surface area (Å²) in [4.78, 5) is 20.9. The first kappa shape index (κ1) is 16.7. The second kappa shape index (κ2) is 7.56. The van der Waals surface area contributed by atoms with Gasteiger partial charge >= 0.3 is 0 Å². The molecule has 2 aromatic rings. The van der Waals surface area contributed by atoms with Crippen molar-refractivity contribution in [2.45, 2.75) is 0 Å². The number of non-ortho nitro benzene ring substituents is 1. The zero-order chi connectivity index (χ0) is 17.5. The standard InChI is InChI=1S/C17H13N3O4/c18-10-14(13-4-6-15(7-5-13)20(22)23)8-12-2-1-3-16(9-12)24-11-17(19)21/h1-9H,11H2,(H2,19,21). The molecule has 0 saturated carbocycles. The van der Waals surface area contributed by atoms with Crippen molar-refractivity contribution >= 4 is 23.2 Å². The van der Waals surface area contributed by atoms with Gasteiger partial charge in [0.25, 0.3) is 11.6 Å². The van der Waals surface area contributed by atoms with Crippen molar-refractivity contribution in [3.05, 3.63) is 69.8 Å². The summed E-state index contributed by atoms with van der Waals surface area (Å²) in [7, 11) is 0. The van der Waals surface area contributed by atoms with Gasteiger partial charge in [0, 0.05) is 12.1 Å². The van der Waals surface area contributed by atoms with Gasteiger partial charge in [-0.25, -0.2) is 0 Å². The maximum Gasteiger partial charge on any atom is 0.269 e. The number of primary amides is 1. The predicted molar refractivity (Wildman–Crippen MR) is 87.7 cm³/mol. The SMILES string of the molecule is N#CC(=Cc1cccc(OCC(N)=O)c1)c1ccc([N+](=O)[O-])cc1. The molecule has 2 N–H and O–H groups in total. The fourth-order valence-corrected chi connectivity index (χ4v) is 1.96. The number of allylic oxidation sites excluding steroid dienone is 1. The van der Waals surface area contributed by atoms with E-state index >= 15 is 0 Å². The Balaban J connectivity index is 2.27. The van der Waals surface area contributed by atoms with E-state index < -0.39 is 10.8 Å². The highest BCUT2D eigenvalue weighted by molar-refractivity contribution is 5.89. The van der Waals surface area contributed by atoms with Crippen molar-refractivity contribution in [2.24, 2.45) is 5.73 Å². The van der Waals surface area contributed by atoms with Gasteiger partial charge in [-0.1, -0.05) is 12.1 Å². The molecule has 1 amide bonds. The lowest BCUT2D eigenvalue weighted by Crippen LogP contribution is -2.19. The minimum absolute atomic E-state index is 0.0436. The van der Waals surface area contributed by atoms with E-state index in [-0.39, 0.29) is 12.3 Å². The number of rotatable bonds is 6. The zero-order valence-corrected chi connectivity index (χ0v) is 12.5. The average molecular weight is 323 g/mol. The summed E-state index contributed by atoms with van der Waals surface area (Å²) in [5.74, 6) is -0.136. The molecule has 0 aromatic heterocycles. The van der Waals surface area contributed by atoms with Crippen LogP contribution in [-0.2, 0) is 4.79 Å². The first-order valence-corrected chi connectivity index (χ1v) is 6.87. The lowest BCUT2D eigenvalue weighted by Gasteiger charge is -2.05. The van der Waals surface area contributed by atoms with Gasteiger partial charge in [0.15, 0.2) is 6.61 Å². The summed E-state index contributed by atoms with van der Waals surface area (Å²) >= 11 is 0. The molecule has 0 aliphatic rings. The molecule has 120 valence electrons. The highest BCUT2D eigenvalue weighted by Gasteiger charge is 2.07. The molecule has 7 nitrogen and oxygen atoms in total. The summed E-state index contributed by atoms with van der Waals surface area (Å²) < 4.78 is 5.21. The highest BCUT2D eigenvalue weighted by atomic mass is 16.6. The second-order valence-electron chi connectivity index (χ2n) is 4.80. The molecule has 0 radical (unpaired) electrons. The van der Waals surface area contributed by atoms with Crippen molar-refractivity contribution in [1.82, 2.24) is 0 Å². The molecular weight excluding hydrogens is 310 g/mol. The number of carbonyl (C=O) groups is 1. The minimum atomic E-state index is -0.584. The van der Waals surface area contributed by atoms with Crippen LogP contribution < -0.4 is 10.5 Å². The third-order valence-corrected chi connectivity index (χ3v) is 3.06. The zero-order valence-electron chi connectivity index (χ0n) is 12.5. The summed E-state index contributed by atoms with van der Waals surface area (Å²) in [6.45, 7) is -0.235. The van der Waals surface area contributed by atoms with Gasteiger partial charge in [-0.3, -0.25) is 14.9 Å². The third kappa shape index (κ3) is 4.42. The van der Waals surface area contributed by atoms with E-state index in [4.69, 9.17) is 10.5 Å². The van der Waals surface area contributed by atoms with E-state index in [0.29, 0.717) is 22.4 Å². The van der Waals surface area contributed by atoms with E-state index in [1.54, 1.807) is 30.3 Å². The number of amides is 1. The molecule has 7 heteroatoms. The number of nitro groups is 1. The Morgan fingerprint density at radius 3 is 2.58 bits per heavy atom. The van der Waals surface area contributed by atoms with Crippen LogP contribution in [0.25, 0.3) is 11.6 Å². The molecule has 2 rings (SSSR count). The molecule has 24 heavy (non-hydrogen) atoms. The number of ether oxygens (including phenoxy) is 1. The minimum Gasteiger partial charge on any atom is -0.484 e. The van der Waals surface area contributed by atoms with Crippen LogP contribution >= 0.6 is 0 Å². The van der Waals surface area contributed by atoms with Crippen molar-refractivity contribution in [1.29, 1.82) is 5.26 Å². The smallest absolute Gasteiger partial charge is 0.269 e. The Morgan fingerprint density at radius 1 is 1.29 bits per heavy atom. The van der Waals surface area contributed by atoms with E-state index in [1.165, 1.54) is 24.3 Å². The average Bonchev–Trinajstić information content (AvgIpc) is 2.58. The maximum absolute atomic E-state index is 10.7. The van der Waals surface area contributed by atoms with Crippen LogP contribution in [0.5, 0.6) is 5.75 Å². The molecule has 0 fully saturated rings. The van der Waals surface area contributed by atoms with Crippen LogP contribution in [0.1, 0.15) is 11.1 Å². The number of nitrogens with zero attached hydrogens (tertiary/aromatic N) is 2. The van der Waals surface area contributed by atoms with E-state index in [2.05, 4.69) is 6.07 Å². The Morgan fingerprint density at radius 2 is 2.00 bits per heavy atom. The Hall–Kier alpha value is -3.66. The number of hydrogen-bond acceptors (Lipinski definition) is 5. The van der Waals surface area contributed by atoms with Gasteiger partial charge in [-0.2, -0.15) is 5.26 Å². The van der Waals surface area contributed by atoms with Crippen LogP contribution in [0.4, 0.5) is 5.69 Å². The summed E-state index contributed by atoms with van der Waals surface area (Å²) in [5, 5.41) is 20.0. The van der Waals surface area contributed by atoms with Crippen molar-refractivity contribution in [3.8, 4) is 11.8 Å². The second-order valence-corrected chi connectivity index (χ2v) is 4.80. The number of benzene rings is 2. The molecule has 0 aliphatic carbocycles. The van der Waals surface area contributed by atoms with Crippen molar-refractivity contribution < 1.29 is 14.5 Å². The van der Waals surface area contributed by atoms with Gasteiger partial charge < -0.3 is 10.5 Å². The number of carbonyl (C=O) groups excluding carboxylic acids is 1. The first-order chi connectivity index (χ1) is 11.5. The van der Waals surface area contributed by atoms with E-state index in [9.17, 15) is 20.2 Å². The number of nitrogens with two attached hydrogens (primary N) is 1. The molecule has 0 saturated heterocycles. The fourth-order valence-electron chi connectivity index (χ4n) is 1.96. The molecule has 0 aliphatic heterocycles. The number of nitro benzene ring substituents is 1. The van der Waals surface area contributed by atoms with Crippen LogP contribution in [-0.4, -0.2) is 17.4 Å². The quantitative estimate of drug-likeness (QED) is 0.379. The van der Waals surface area contributed by atoms with Gasteiger partial charge in [-0.15, -0.1) is 0 Å². The van der Waals surface area contributed by atoms with Crippen LogP contribution in [0.2, 0.25) is 0 Å². The first-order valence-electron chi connectivity index (χ1n) is 6.87. The normalized spacial score (nSPS) is 10.7. The monoisotopic (exact) mass is 323 g/mol. The summed E-state index contributed by atoms with van der Waals surface area (Å²) in [5.41, 5.74) is 6.57. The third-order valence-electron chi connectivity index (χ3n) is 3.06. The van der Waals surface area contributed by atoms with Gasteiger partial charge in [0.2, 0.25) is 0 Å². The topological polar surface area (TPSA) is 119 Å². The number of nitriles is 1. The van der Waals surface area contributed by atoms with Crippen molar-refractivity contribution in [2.75, 3.05) is 6.61 Å². The molecule has 0 bridgehead atoms. The summed E-state index contributed by atoms with van der Waals surface area (Å²) in [6, 6.07) is 14.6. The van der Waals surface area contributed by atoms with Gasteiger partial charge in [0.1, 0.15) is 5.75 Å². The Bertz CT molecular complexity index is 836. The molecule has 0 atom stereocenters. The molecule has 0 heterocycles. The Labute approximate surface area is 137 Å². The number of hydrogen-bond donors (Lipinski definition) is 1. The molecular formula is C17H13N3O4. The lowest BCUT2D eigenvalue weighted by molar-refractivity contribution is -0.384. The van der Waals surface area contributed by atoms with E-state index in [1.807, 2.05) is 0 Å². The molecule has 0 unspecified atom stereocenters. The Kier molecular flexibility index (Phi) is 5.26. The fraction of sp³-hybridized carbons (Fsp3) is 0.0588. The molecule has 0 spiro atoms. The summed E-state index contributed by atoms with van der Waals surface area (Å²) in [6.07, 6.45) is 1.62. The van der Waals surface area contributed by atoms with Crippen LogP contribution in [0.3, 0.4) is 0 Å². The van der Waals surface area contributed by atoms with E-state index in [0.717, 1.165) is 0 Å². The lowest BCUT2D eigenvalue weighted by atomic mass is 10.0. The maximum atomic E-state index is 10.7. The van der Waals surface area contributed by atoms with Gasteiger partial charge in [-0.05, 0) is 41.5 Å². The van der Waals surface area contributed by atoms with Crippen molar-refractivity contribution in [3.63, 3.8) is 0 Å². The van der Waals surface area contributed by atoms with Crippen LogP contribution in [0.15, 0.2) is 48.5 Å².